The molecule has 2 aliphatic rings. The average Bonchev–Trinajstić information content (AvgIpc) is 3.17. The molecule has 1 amide bonds. The van der Waals surface area contributed by atoms with Crippen molar-refractivity contribution in [1.82, 2.24) is 4.57 Å². The molecular weight excluding hydrogens is 492 g/mol. The van der Waals surface area contributed by atoms with Gasteiger partial charge in [-0.2, -0.15) is 0 Å². The molecule has 3 heterocycles. The van der Waals surface area contributed by atoms with Crippen molar-refractivity contribution < 1.29 is 14.5 Å². The number of non-ortho nitro benzene ring substituents is 1. The van der Waals surface area contributed by atoms with E-state index < -0.39 is 22.6 Å². The number of amides is 1. The van der Waals surface area contributed by atoms with Crippen LogP contribution in [0.3, 0.4) is 0 Å². The van der Waals surface area contributed by atoms with Gasteiger partial charge < -0.3 is 10.1 Å². The van der Waals surface area contributed by atoms with E-state index in [4.69, 9.17) is 9.73 Å². The zero-order valence-electron chi connectivity index (χ0n) is 19.5. The Morgan fingerprint density at radius 1 is 1.11 bits per heavy atom. The molecule has 184 valence electrons. The quantitative estimate of drug-likeness (QED) is 0.333. The van der Waals surface area contributed by atoms with Crippen molar-refractivity contribution in [2.45, 2.75) is 18.7 Å². The Balaban J connectivity index is 1.51. The van der Waals surface area contributed by atoms with Crippen LogP contribution in [0.1, 0.15) is 24.1 Å². The lowest BCUT2D eigenvalue weighted by Gasteiger charge is -2.45. The third-order valence-electron chi connectivity index (χ3n) is 6.61. The normalized spacial score (nSPS) is 21.7. The van der Waals surface area contributed by atoms with Crippen molar-refractivity contribution in [3.8, 4) is 5.75 Å². The minimum Gasteiger partial charge on any atom is -0.465 e. The van der Waals surface area contributed by atoms with Crippen molar-refractivity contribution in [2.75, 3.05) is 5.32 Å². The van der Waals surface area contributed by atoms with Crippen LogP contribution in [-0.2, 0) is 4.79 Å². The molecule has 0 saturated heterocycles. The second kappa shape index (κ2) is 8.52. The lowest BCUT2D eigenvalue weighted by molar-refractivity contribution is -0.384. The lowest BCUT2D eigenvalue weighted by atomic mass is 9.80. The van der Waals surface area contributed by atoms with Gasteiger partial charge in [0.2, 0.25) is 11.6 Å². The van der Waals surface area contributed by atoms with E-state index in [0.29, 0.717) is 26.3 Å². The standard InChI is InChI=1S/C27H20N4O5S/c1-27-22(24(32)28-17-7-3-2-4-8-17)23(19-9-5-6-10-20(19)36-27)30-25(33)21(37-26(30)29-27)15-16-11-13-18(14-12-16)31(34)35/h2-15,22-23H,1H3,(H,28,32). The third-order valence-corrected chi connectivity index (χ3v) is 7.59. The molecular formula is C27H20N4O5S. The Labute approximate surface area is 214 Å². The number of carbonyl (C=O) groups is 1. The molecule has 37 heavy (non-hydrogen) atoms. The Morgan fingerprint density at radius 3 is 2.54 bits per heavy atom. The predicted octanol–water partition coefficient (Wildman–Crippen LogP) is 3.23. The summed E-state index contributed by atoms with van der Waals surface area (Å²) in [5.74, 6) is -0.539. The van der Waals surface area contributed by atoms with Crippen LogP contribution in [0.5, 0.6) is 5.75 Å². The summed E-state index contributed by atoms with van der Waals surface area (Å²) in [4.78, 5) is 43.2. The first kappa shape index (κ1) is 22.9. The highest BCUT2D eigenvalue weighted by atomic mass is 32.1. The van der Waals surface area contributed by atoms with Crippen LogP contribution in [0, 0.1) is 16.0 Å². The molecule has 0 fully saturated rings. The number of para-hydroxylation sites is 2. The van der Waals surface area contributed by atoms with Gasteiger partial charge in [-0.25, -0.2) is 4.99 Å². The largest absolute Gasteiger partial charge is 0.465 e. The molecule has 9 nitrogen and oxygen atoms in total. The molecule has 6 rings (SSSR count). The molecule has 4 aromatic rings. The maximum Gasteiger partial charge on any atom is 0.270 e. The Morgan fingerprint density at radius 2 is 1.81 bits per heavy atom. The Hall–Kier alpha value is -4.57. The van der Waals surface area contributed by atoms with E-state index in [9.17, 15) is 19.7 Å². The molecule has 0 radical (unpaired) electrons. The zero-order chi connectivity index (χ0) is 25.7. The molecule has 3 unspecified atom stereocenters. The SMILES string of the molecule is CC12N=c3sc(=Cc4ccc([N+](=O)[O-])cc4)c(=O)n3C(c3ccccc3O1)C2C(=O)Nc1ccccc1. The topological polar surface area (TPSA) is 116 Å². The highest BCUT2D eigenvalue weighted by Crippen LogP contribution is 2.47. The fourth-order valence-corrected chi connectivity index (χ4v) is 6.03. The van der Waals surface area contributed by atoms with E-state index in [2.05, 4.69) is 5.32 Å². The fraction of sp³-hybridized carbons (Fsp3) is 0.148. The summed E-state index contributed by atoms with van der Waals surface area (Å²) in [5.41, 5.74) is 0.454. The second-order valence-corrected chi connectivity index (χ2v) is 10.0. The van der Waals surface area contributed by atoms with Crippen LogP contribution in [0.25, 0.3) is 6.08 Å². The number of aromatic nitrogens is 1. The van der Waals surface area contributed by atoms with E-state index in [-0.39, 0.29) is 17.2 Å². The van der Waals surface area contributed by atoms with E-state index in [0.717, 1.165) is 5.56 Å². The summed E-state index contributed by atoms with van der Waals surface area (Å²) >= 11 is 1.20. The van der Waals surface area contributed by atoms with Crippen LogP contribution < -0.4 is 24.9 Å². The molecule has 1 N–H and O–H groups in total. The van der Waals surface area contributed by atoms with Crippen molar-refractivity contribution in [3.05, 3.63) is 120 Å². The van der Waals surface area contributed by atoms with E-state index in [1.54, 1.807) is 41.8 Å². The number of rotatable bonds is 4. The third kappa shape index (κ3) is 3.82. The number of anilines is 1. The van der Waals surface area contributed by atoms with Crippen molar-refractivity contribution >= 4 is 34.7 Å². The van der Waals surface area contributed by atoms with Crippen molar-refractivity contribution in [2.24, 2.45) is 10.9 Å². The van der Waals surface area contributed by atoms with Gasteiger partial charge in [-0.3, -0.25) is 24.3 Å². The molecule has 2 aliphatic heterocycles. The summed E-state index contributed by atoms with van der Waals surface area (Å²) in [6.07, 6.45) is 1.68. The van der Waals surface area contributed by atoms with Crippen molar-refractivity contribution in [1.29, 1.82) is 0 Å². The molecule has 0 spiro atoms. The monoisotopic (exact) mass is 512 g/mol. The number of nitro groups is 1. The average molecular weight is 513 g/mol. The number of hydrogen-bond donors (Lipinski definition) is 1. The van der Waals surface area contributed by atoms with E-state index >= 15 is 0 Å². The van der Waals surface area contributed by atoms with Gasteiger partial charge in [0, 0.05) is 23.4 Å². The van der Waals surface area contributed by atoms with Gasteiger partial charge in [0.15, 0.2) is 4.80 Å². The van der Waals surface area contributed by atoms with Crippen LogP contribution in [0.4, 0.5) is 11.4 Å². The number of thiazole rings is 1. The number of fused-ring (bicyclic) bond motifs is 6. The maximum atomic E-state index is 13.7. The number of hydrogen-bond acceptors (Lipinski definition) is 7. The van der Waals surface area contributed by atoms with Crippen LogP contribution in [0.2, 0.25) is 0 Å². The number of nitrogens with one attached hydrogen (secondary N) is 1. The first-order chi connectivity index (χ1) is 17.8. The van der Waals surface area contributed by atoms with Gasteiger partial charge in [-0.05, 0) is 48.9 Å². The minimum absolute atomic E-state index is 0.0305. The van der Waals surface area contributed by atoms with Gasteiger partial charge in [0.05, 0.1) is 15.5 Å². The second-order valence-electron chi connectivity index (χ2n) is 9.00. The van der Waals surface area contributed by atoms with E-state index in [1.165, 1.54) is 23.5 Å². The van der Waals surface area contributed by atoms with Crippen molar-refractivity contribution in [3.63, 3.8) is 0 Å². The lowest BCUT2D eigenvalue weighted by Crippen LogP contribution is -2.59. The number of nitro benzene ring substituents is 1. The first-order valence-corrected chi connectivity index (χ1v) is 12.4. The smallest absolute Gasteiger partial charge is 0.270 e. The first-order valence-electron chi connectivity index (χ1n) is 11.6. The highest BCUT2D eigenvalue weighted by molar-refractivity contribution is 7.07. The van der Waals surface area contributed by atoms with Gasteiger partial charge in [0.1, 0.15) is 11.7 Å². The molecule has 1 aromatic heterocycles. The Bertz CT molecular complexity index is 1730. The summed E-state index contributed by atoms with van der Waals surface area (Å²) in [7, 11) is 0. The number of benzene rings is 3. The molecule has 3 atom stereocenters. The van der Waals surface area contributed by atoms with Gasteiger partial charge in [-0.15, -0.1) is 0 Å². The zero-order valence-corrected chi connectivity index (χ0v) is 20.3. The fourth-order valence-electron chi connectivity index (χ4n) is 4.93. The summed E-state index contributed by atoms with van der Waals surface area (Å²) < 4.78 is 8.29. The maximum absolute atomic E-state index is 13.7. The van der Waals surface area contributed by atoms with E-state index in [1.807, 2.05) is 42.5 Å². The van der Waals surface area contributed by atoms with Gasteiger partial charge >= 0.3 is 0 Å². The van der Waals surface area contributed by atoms with Crippen LogP contribution in [-0.4, -0.2) is 21.1 Å². The number of nitrogens with zero attached hydrogens (tertiary/aromatic N) is 3. The molecule has 3 aromatic carbocycles. The predicted molar refractivity (Wildman–Crippen MR) is 138 cm³/mol. The molecule has 0 saturated carbocycles. The number of ether oxygens (including phenoxy) is 1. The highest BCUT2D eigenvalue weighted by Gasteiger charge is 2.55. The van der Waals surface area contributed by atoms with Gasteiger partial charge in [0.25, 0.3) is 11.2 Å². The minimum atomic E-state index is -1.24. The van der Waals surface area contributed by atoms with Gasteiger partial charge in [-0.1, -0.05) is 47.7 Å². The summed E-state index contributed by atoms with van der Waals surface area (Å²) in [5, 5.41) is 13.9. The molecule has 10 heteroatoms. The molecule has 2 bridgehead atoms. The molecule has 0 aliphatic carbocycles. The van der Waals surface area contributed by atoms with Crippen LogP contribution >= 0.6 is 11.3 Å². The summed E-state index contributed by atoms with van der Waals surface area (Å²) in [6.45, 7) is 1.76. The number of carbonyl (C=O) groups excluding carboxylic acids is 1. The summed E-state index contributed by atoms with van der Waals surface area (Å²) in [6, 6.07) is 21.8. The van der Waals surface area contributed by atoms with Crippen LogP contribution in [0.15, 0.2) is 88.6 Å². The Kier molecular flexibility index (Phi) is 5.27.